The second kappa shape index (κ2) is 16.0. The lowest BCUT2D eigenvalue weighted by molar-refractivity contribution is -0.384. The number of rotatable bonds is 12. The van der Waals surface area contributed by atoms with Crippen LogP contribution in [0.3, 0.4) is 0 Å². The summed E-state index contributed by atoms with van der Waals surface area (Å²) in [5.41, 5.74) is 4.15. The second-order valence-corrected chi connectivity index (χ2v) is 11.9. The Morgan fingerprint density at radius 3 is 2.04 bits per heavy atom. The van der Waals surface area contributed by atoms with E-state index in [1.54, 1.807) is 48.5 Å². The lowest BCUT2D eigenvalue weighted by atomic mass is 10.0. The molecule has 5 rings (SSSR count). The number of carbonyl (C=O) groups excluding carboxylic acids is 3. The molecule has 240 valence electrons. The molecule has 0 heterocycles. The number of thioether (sulfide) groups is 1. The molecule has 5 aromatic rings. The fraction of sp³-hybridized carbons (Fsp3) is 0.0789. The lowest BCUT2D eigenvalue weighted by Crippen LogP contribution is -2.30. The largest absolute Gasteiger partial charge is 0.325 e. The van der Waals surface area contributed by atoms with Gasteiger partial charge in [-0.05, 0) is 71.7 Å². The van der Waals surface area contributed by atoms with Gasteiger partial charge in [0, 0.05) is 34.0 Å². The first-order valence-corrected chi connectivity index (χ1v) is 16.0. The van der Waals surface area contributed by atoms with Crippen molar-refractivity contribution >= 4 is 52.6 Å². The molecular formula is C38H32N4O5S. The Labute approximate surface area is 282 Å². The van der Waals surface area contributed by atoms with E-state index in [0.29, 0.717) is 23.4 Å². The number of anilines is 2. The van der Waals surface area contributed by atoms with Crippen LogP contribution in [0.1, 0.15) is 29.3 Å². The predicted octanol–water partition coefficient (Wildman–Crippen LogP) is 8.18. The van der Waals surface area contributed by atoms with Crippen LogP contribution >= 0.6 is 11.8 Å². The molecule has 5 aromatic carbocycles. The van der Waals surface area contributed by atoms with Gasteiger partial charge >= 0.3 is 0 Å². The van der Waals surface area contributed by atoms with Crippen LogP contribution in [-0.2, 0) is 9.59 Å². The fourth-order valence-corrected chi connectivity index (χ4v) is 5.75. The molecule has 0 bridgehead atoms. The zero-order chi connectivity index (χ0) is 33.9. The fourth-order valence-electron chi connectivity index (χ4n) is 4.73. The topological polar surface area (TPSA) is 130 Å². The van der Waals surface area contributed by atoms with E-state index in [-0.39, 0.29) is 17.3 Å². The molecule has 0 aromatic heterocycles. The number of hydrogen-bond donors (Lipinski definition) is 3. The summed E-state index contributed by atoms with van der Waals surface area (Å²) in [5, 5.41) is 18.9. The van der Waals surface area contributed by atoms with Gasteiger partial charge in [-0.2, -0.15) is 0 Å². The minimum absolute atomic E-state index is 0.0586. The Morgan fingerprint density at radius 1 is 0.750 bits per heavy atom. The van der Waals surface area contributed by atoms with Crippen LogP contribution in [0.5, 0.6) is 0 Å². The zero-order valence-corrected chi connectivity index (χ0v) is 26.8. The highest BCUT2D eigenvalue weighted by molar-refractivity contribution is 8.00. The minimum Gasteiger partial charge on any atom is -0.325 e. The number of nitro benzene ring substituents is 1. The van der Waals surface area contributed by atoms with Crippen LogP contribution in [0.4, 0.5) is 17.1 Å². The van der Waals surface area contributed by atoms with E-state index < -0.39 is 22.0 Å². The van der Waals surface area contributed by atoms with Crippen molar-refractivity contribution in [2.75, 3.05) is 10.6 Å². The predicted molar refractivity (Wildman–Crippen MR) is 190 cm³/mol. The summed E-state index contributed by atoms with van der Waals surface area (Å²) in [7, 11) is 0. The number of nitrogens with zero attached hydrogens (tertiary/aromatic N) is 1. The number of non-ortho nitro benzene ring substituents is 1. The average Bonchev–Trinajstić information content (AvgIpc) is 3.11. The van der Waals surface area contributed by atoms with Crippen LogP contribution in [-0.4, -0.2) is 27.9 Å². The van der Waals surface area contributed by atoms with Gasteiger partial charge in [-0.25, -0.2) is 0 Å². The summed E-state index contributed by atoms with van der Waals surface area (Å²) < 4.78 is 0. The summed E-state index contributed by atoms with van der Waals surface area (Å²) >= 11 is 1.33. The van der Waals surface area contributed by atoms with Crippen molar-refractivity contribution in [1.82, 2.24) is 5.32 Å². The van der Waals surface area contributed by atoms with Gasteiger partial charge in [-0.3, -0.25) is 24.5 Å². The molecular weight excluding hydrogens is 625 g/mol. The number of nitro groups is 1. The molecule has 3 N–H and O–H groups in total. The van der Waals surface area contributed by atoms with Crippen LogP contribution in [0.15, 0.2) is 144 Å². The molecule has 0 saturated heterocycles. The number of hydrogen-bond acceptors (Lipinski definition) is 6. The Hall–Kier alpha value is -6.00. The van der Waals surface area contributed by atoms with E-state index in [1.165, 1.54) is 36.0 Å². The molecule has 0 fully saturated rings. The second-order valence-electron chi connectivity index (χ2n) is 10.7. The van der Waals surface area contributed by atoms with E-state index in [0.717, 1.165) is 21.6 Å². The van der Waals surface area contributed by atoms with Gasteiger partial charge in [-0.15, -0.1) is 11.8 Å². The molecule has 0 spiro atoms. The maximum atomic E-state index is 13.6. The normalized spacial score (nSPS) is 11.6. The number of carbonyl (C=O) groups is 3. The highest BCUT2D eigenvalue weighted by atomic mass is 32.2. The van der Waals surface area contributed by atoms with Crippen LogP contribution in [0.25, 0.3) is 17.2 Å². The van der Waals surface area contributed by atoms with Crippen molar-refractivity contribution in [2.45, 2.75) is 23.5 Å². The highest BCUT2D eigenvalue weighted by Gasteiger charge is 2.20. The Bertz CT molecular complexity index is 1930. The maximum Gasteiger partial charge on any atom is 0.272 e. The van der Waals surface area contributed by atoms with E-state index in [2.05, 4.69) is 16.0 Å². The molecule has 0 aliphatic rings. The number of amides is 3. The average molecular weight is 657 g/mol. The van der Waals surface area contributed by atoms with Gasteiger partial charge in [0.05, 0.1) is 10.2 Å². The van der Waals surface area contributed by atoms with Crippen molar-refractivity contribution in [1.29, 1.82) is 0 Å². The van der Waals surface area contributed by atoms with Crippen LogP contribution in [0, 0.1) is 10.1 Å². The van der Waals surface area contributed by atoms with Gasteiger partial charge in [-0.1, -0.05) is 85.8 Å². The van der Waals surface area contributed by atoms with Crippen LogP contribution < -0.4 is 16.0 Å². The molecule has 1 unspecified atom stereocenters. The minimum atomic E-state index is -0.517. The molecule has 0 radical (unpaired) electrons. The first kappa shape index (κ1) is 33.4. The maximum absolute atomic E-state index is 13.6. The van der Waals surface area contributed by atoms with Crippen molar-refractivity contribution in [3.8, 4) is 11.1 Å². The van der Waals surface area contributed by atoms with E-state index >= 15 is 0 Å². The molecule has 3 amide bonds. The van der Waals surface area contributed by atoms with Crippen LogP contribution in [0.2, 0.25) is 0 Å². The van der Waals surface area contributed by atoms with Gasteiger partial charge in [0.1, 0.15) is 5.70 Å². The zero-order valence-electron chi connectivity index (χ0n) is 26.0. The van der Waals surface area contributed by atoms with E-state index in [4.69, 9.17) is 0 Å². The standard InChI is InChI=1S/C38H32N4O5S/c1-2-35(38(45)39-30-20-22-32(23-21-30)42(46)47)48-33-15-9-14-31(25-33)40-37(44)34(41-36(43)29-12-7-4-8-13-29)24-26-16-18-28(19-17-26)27-10-5-3-6-11-27/h3-25,35H,2H2,1H3,(H,39,45)(H,40,44)(H,41,43)/b34-24+. The SMILES string of the molecule is CCC(Sc1cccc(NC(=O)/C(=C\c2ccc(-c3ccccc3)cc2)NC(=O)c2ccccc2)c1)C(=O)Nc1ccc([N+](=O)[O-])cc1. The smallest absolute Gasteiger partial charge is 0.272 e. The molecule has 0 aliphatic carbocycles. The first-order valence-electron chi connectivity index (χ1n) is 15.2. The summed E-state index contributed by atoms with van der Waals surface area (Å²) in [6, 6.07) is 39.0. The van der Waals surface area contributed by atoms with Gasteiger partial charge in [0.15, 0.2) is 0 Å². The van der Waals surface area contributed by atoms with Gasteiger partial charge in [0.25, 0.3) is 17.5 Å². The third-order valence-electron chi connectivity index (χ3n) is 7.24. The summed E-state index contributed by atoms with van der Waals surface area (Å²) in [5.74, 6) is -1.19. The molecule has 48 heavy (non-hydrogen) atoms. The monoisotopic (exact) mass is 656 g/mol. The van der Waals surface area contributed by atoms with E-state index in [1.807, 2.05) is 73.7 Å². The molecule has 0 aliphatic heterocycles. The Kier molecular flexibility index (Phi) is 11.1. The lowest BCUT2D eigenvalue weighted by Gasteiger charge is -2.16. The Morgan fingerprint density at radius 2 is 1.40 bits per heavy atom. The molecule has 10 heteroatoms. The van der Waals surface area contributed by atoms with Crippen molar-refractivity contribution in [3.63, 3.8) is 0 Å². The Balaban J connectivity index is 1.31. The molecule has 9 nitrogen and oxygen atoms in total. The van der Waals surface area contributed by atoms with Gasteiger partial charge < -0.3 is 16.0 Å². The van der Waals surface area contributed by atoms with E-state index in [9.17, 15) is 24.5 Å². The molecule has 0 saturated carbocycles. The summed E-state index contributed by atoms with van der Waals surface area (Å²) in [6.45, 7) is 1.89. The third-order valence-corrected chi connectivity index (χ3v) is 8.59. The molecule has 1 atom stereocenters. The van der Waals surface area contributed by atoms with Crippen molar-refractivity contribution < 1.29 is 19.3 Å². The summed E-state index contributed by atoms with van der Waals surface area (Å²) in [4.78, 5) is 50.9. The number of nitrogens with one attached hydrogen (secondary N) is 3. The number of benzene rings is 5. The van der Waals surface area contributed by atoms with Crippen molar-refractivity contribution in [3.05, 3.63) is 160 Å². The summed E-state index contributed by atoms with van der Waals surface area (Å²) in [6.07, 6.45) is 2.14. The van der Waals surface area contributed by atoms with Gasteiger partial charge in [0.2, 0.25) is 5.91 Å². The first-order chi connectivity index (χ1) is 23.3. The third kappa shape index (κ3) is 9.05. The quantitative estimate of drug-likeness (QED) is 0.0537. The van der Waals surface area contributed by atoms with Crippen molar-refractivity contribution in [2.24, 2.45) is 0 Å². The highest BCUT2D eigenvalue weighted by Crippen LogP contribution is 2.29.